The van der Waals surface area contributed by atoms with E-state index in [-0.39, 0.29) is 5.56 Å². The van der Waals surface area contributed by atoms with Gasteiger partial charge in [-0.1, -0.05) is 29.8 Å². The Morgan fingerprint density at radius 2 is 1.85 bits per heavy atom. The summed E-state index contributed by atoms with van der Waals surface area (Å²) in [6, 6.07) is 7.81. The van der Waals surface area contributed by atoms with Crippen LogP contribution in [-0.4, -0.2) is 35.9 Å². The Kier molecular flexibility index (Phi) is 4.23. The molecule has 0 saturated carbocycles. The van der Waals surface area contributed by atoms with Crippen LogP contribution in [-0.2, 0) is 11.8 Å². The number of benzene rings is 1. The Morgan fingerprint density at radius 1 is 1.15 bits per heavy atom. The molecule has 0 atom stereocenters. The predicted molar refractivity (Wildman–Crippen MR) is 103 cm³/mol. The quantitative estimate of drug-likeness (QED) is 0.896. The van der Waals surface area contributed by atoms with Crippen LogP contribution in [0.25, 0.3) is 11.1 Å². The molecule has 2 aliphatic heterocycles. The molecule has 3 heterocycles. The van der Waals surface area contributed by atoms with Gasteiger partial charge in [0.05, 0.1) is 12.2 Å². The average molecular weight is 354 g/mol. The van der Waals surface area contributed by atoms with Crippen LogP contribution in [0.3, 0.4) is 0 Å². The number of rotatable bonds is 2. The monoisotopic (exact) mass is 354 g/mol. The minimum Gasteiger partial charge on any atom is -0.383 e. The zero-order chi connectivity index (χ0) is 18.3. The molecule has 4 rings (SSSR count). The Hall–Kier alpha value is -2.34. The van der Waals surface area contributed by atoms with Gasteiger partial charge >= 0.3 is 0 Å². The van der Waals surface area contributed by atoms with Crippen molar-refractivity contribution >= 4 is 11.8 Å². The minimum atomic E-state index is -0.0964. The van der Waals surface area contributed by atoms with E-state index in [1.54, 1.807) is 11.6 Å². The number of ether oxygens (including phenoxy) is 1. The first kappa shape index (κ1) is 17.1. The molecule has 1 aromatic carbocycles. The summed E-state index contributed by atoms with van der Waals surface area (Å²) in [5.74, 6) is 0.966. The molecule has 6 heteroatoms. The summed E-state index contributed by atoms with van der Waals surface area (Å²) in [7, 11) is 1.78. The minimum absolute atomic E-state index is 0.0964. The van der Waals surface area contributed by atoms with E-state index in [0.717, 1.165) is 56.7 Å². The van der Waals surface area contributed by atoms with E-state index in [9.17, 15) is 4.79 Å². The summed E-state index contributed by atoms with van der Waals surface area (Å²) >= 11 is 0. The maximum atomic E-state index is 13.0. The highest BCUT2D eigenvalue weighted by Crippen LogP contribution is 2.39. The van der Waals surface area contributed by atoms with Gasteiger partial charge in [0, 0.05) is 26.7 Å². The molecule has 1 aromatic heterocycles. The van der Waals surface area contributed by atoms with Gasteiger partial charge in [-0.2, -0.15) is 4.98 Å². The van der Waals surface area contributed by atoms with Crippen LogP contribution in [0, 0.1) is 12.3 Å². The first-order chi connectivity index (χ1) is 12.5. The standard InChI is InChI=1S/C20H26N4O2/c1-14-3-5-15(6-4-14)16-17(21)22-19(23(2)18(16)25)24-10-7-20(8-11-24)9-12-26-13-20/h3-6H,7-13,21H2,1-2H3. The molecule has 2 saturated heterocycles. The van der Waals surface area contributed by atoms with Gasteiger partial charge in [0.25, 0.3) is 5.56 Å². The Bertz CT molecular complexity index is 857. The molecule has 0 bridgehead atoms. The third kappa shape index (κ3) is 2.88. The van der Waals surface area contributed by atoms with Crippen LogP contribution in [0.1, 0.15) is 24.8 Å². The predicted octanol–water partition coefficient (Wildman–Crippen LogP) is 2.34. The Morgan fingerprint density at radius 3 is 2.46 bits per heavy atom. The van der Waals surface area contributed by atoms with E-state index in [1.807, 2.05) is 31.2 Å². The van der Waals surface area contributed by atoms with E-state index >= 15 is 0 Å². The second-order valence-corrected chi connectivity index (χ2v) is 7.69. The fourth-order valence-electron chi connectivity index (χ4n) is 4.11. The van der Waals surface area contributed by atoms with Crippen molar-refractivity contribution in [3.63, 3.8) is 0 Å². The van der Waals surface area contributed by atoms with Crippen molar-refractivity contribution in [1.82, 2.24) is 9.55 Å². The number of hydrogen-bond donors (Lipinski definition) is 1. The molecule has 0 unspecified atom stereocenters. The van der Waals surface area contributed by atoms with Crippen molar-refractivity contribution in [1.29, 1.82) is 0 Å². The highest BCUT2D eigenvalue weighted by molar-refractivity contribution is 5.74. The van der Waals surface area contributed by atoms with Crippen molar-refractivity contribution in [3.8, 4) is 11.1 Å². The molecule has 1 spiro atoms. The molecule has 2 aromatic rings. The van der Waals surface area contributed by atoms with Gasteiger partial charge in [-0.15, -0.1) is 0 Å². The van der Waals surface area contributed by atoms with Gasteiger partial charge in [-0.05, 0) is 37.2 Å². The normalized spacial score (nSPS) is 19.2. The van der Waals surface area contributed by atoms with Crippen LogP contribution in [0.5, 0.6) is 0 Å². The van der Waals surface area contributed by atoms with Crippen molar-refractivity contribution in [2.45, 2.75) is 26.2 Å². The molecule has 6 nitrogen and oxygen atoms in total. The lowest BCUT2D eigenvalue weighted by atomic mass is 9.78. The van der Waals surface area contributed by atoms with Gasteiger partial charge < -0.3 is 15.4 Å². The molecule has 2 fully saturated rings. The average Bonchev–Trinajstić information content (AvgIpc) is 3.09. The summed E-state index contributed by atoms with van der Waals surface area (Å²) < 4.78 is 7.24. The second kappa shape index (κ2) is 6.43. The van der Waals surface area contributed by atoms with Crippen LogP contribution in [0.15, 0.2) is 29.1 Å². The van der Waals surface area contributed by atoms with Gasteiger partial charge in [0.1, 0.15) is 5.82 Å². The van der Waals surface area contributed by atoms with Crippen LogP contribution >= 0.6 is 0 Å². The fourth-order valence-corrected chi connectivity index (χ4v) is 4.11. The Labute approximate surface area is 153 Å². The number of nitrogens with zero attached hydrogens (tertiary/aromatic N) is 3. The summed E-state index contributed by atoms with van der Waals surface area (Å²) in [5.41, 5.74) is 8.88. The van der Waals surface area contributed by atoms with Gasteiger partial charge in [0.15, 0.2) is 0 Å². The third-order valence-corrected chi connectivity index (χ3v) is 5.93. The number of aromatic nitrogens is 2. The van der Waals surface area contributed by atoms with Crippen molar-refractivity contribution in [2.75, 3.05) is 36.9 Å². The Balaban J connectivity index is 1.64. The van der Waals surface area contributed by atoms with E-state index in [1.165, 1.54) is 0 Å². The number of aryl methyl sites for hydroxylation is 1. The van der Waals surface area contributed by atoms with E-state index < -0.39 is 0 Å². The topological polar surface area (TPSA) is 73.4 Å². The lowest BCUT2D eigenvalue weighted by Crippen LogP contribution is -2.43. The molecule has 0 amide bonds. The third-order valence-electron chi connectivity index (χ3n) is 5.93. The summed E-state index contributed by atoms with van der Waals surface area (Å²) in [6.07, 6.45) is 3.28. The molecule has 2 aliphatic rings. The fraction of sp³-hybridized carbons (Fsp3) is 0.500. The van der Waals surface area contributed by atoms with E-state index in [2.05, 4.69) is 9.88 Å². The van der Waals surface area contributed by atoms with E-state index in [0.29, 0.717) is 22.7 Å². The highest BCUT2D eigenvalue weighted by Gasteiger charge is 2.38. The van der Waals surface area contributed by atoms with Crippen molar-refractivity contribution < 1.29 is 4.74 Å². The molecular weight excluding hydrogens is 328 g/mol. The van der Waals surface area contributed by atoms with Gasteiger partial charge in [0.2, 0.25) is 5.95 Å². The largest absolute Gasteiger partial charge is 0.383 e. The molecule has 26 heavy (non-hydrogen) atoms. The maximum absolute atomic E-state index is 13.0. The SMILES string of the molecule is Cc1ccc(-c2c(N)nc(N3CCC4(CCOC4)CC3)n(C)c2=O)cc1. The first-order valence-corrected chi connectivity index (χ1v) is 9.25. The number of hydrogen-bond acceptors (Lipinski definition) is 5. The molecule has 138 valence electrons. The van der Waals surface area contributed by atoms with Crippen molar-refractivity contribution in [2.24, 2.45) is 12.5 Å². The van der Waals surface area contributed by atoms with Crippen molar-refractivity contribution in [3.05, 3.63) is 40.2 Å². The number of nitrogen functional groups attached to an aromatic ring is 1. The summed E-state index contributed by atoms with van der Waals surface area (Å²) in [6.45, 7) is 5.52. The van der Waals surface area contributed by atoms with E-state index in [4.69, 9.17) is 10.5 Å². The van der Waals surface area contributed by atoms with Crippen LogP contribution < -0.4 is 16.2 Å². The van der Waals surface area contributed by atoms with Crippen LogP contribution in [0.2, 0.25) is 0 Å². The van der Waals surface area contributed by atoms with Gasteiger partial charge in [-0.25, -0.2) is 0 Å². The molecular formula is C20H26N4O2. The lowest BCUT2D eigenvalue weighted by molar-refractivity contribution is 0.133. The highest BCUT2D eigenvalue weighted by atomic mass is 16.5. The number of piperidine rings is 1. The van der Waals surface area contributed by atoms with Gasteiger partial charge in [-0.3, -0.25) is 9.36 Å². The number of nitrogens with two attached hydrogens (primary N) is 1. The molecule has 2 N–H and O–H groups in total. The zero-order valence-electron chi connectivity index (χ0n) is 15.5. The summed E-state index contributed by atoms with van der Waals surface area (Å²) in [4.78, 5) is 19.8. The zero-order valence-corrected chi connectivity index (χ0v) is 15.5. The maximum Gasteiger partial charge on any atom is 0.264 e. The molecule has 0 radical (unpaired) electrons. The first-order valence-electron chi connectivity index (χ1n) is 9.25. The smallest absolute Gasteiger partial charge is 0.264 e. The second-order valence-electron chi connectivity index (χ2n) is 7.69. The molecule has 0 aliphatic carbocycles. The lowest BCUT2D eigenvalue weighted by Gasteiger charge is -2.39. The summed E-state index contributed by atoms with van der Waals surface area (Å²) in [5, 5.41) is 0. The number of anilines is 2. The van der Waals surface area contributed by atoms with Crippen LogP contribution in [0.4, 0.5) is 11.8 Å².